The SMILES string of the molecule is [C-]#[N+]c1cc(-c2cc(-c3cc(-c4ccccc4)ccn3)cc(C(C)(C)C)c2)c2nc(-c3ccc4ccccc4c3O)n(-c3c(C(C)C)cccc3C(C)C)c2c1. The van der Waals surface area contributed by atoms with Gasteiger partial charge in [0, 0.05) is 17.1 Å². The van der Waals surface area contributed by atoms with Crippen molar-refractivity contribution in [1.82, 2.24) is 14.5 Å². The third kappa shape index (κ3) is 6.52. The highest BCUT2D eigenvalue weighted by Crippen LogP contribution is 2.45. The summed E-state index contributed by atoms with van der Waals surface area (Å²) in [6, 6.07) is 43.6. The number of hydrogen-bond acceptors (Lipinski definition) is 3. The van der Waals surface area contributed by atoms with E-state index in [1.165, 1.54) is 11.1 Å². The standard InChI is InChI=1S/C51H46N4O/c1-31(2)40-19-14-20-41(32(3)4)48(40)55-46-30-39(52-8)29-44(47(46)54-50(55)43-22-21-34-17-12-13-18-42(34)49(43)56)36-25-37(27-38(26-36)51(5,6)7)45-28-35(23-24-53-45)33-15-10-9-11-16-33/h9-32,56H,1-7H3. The zero-order chi connectivity index (χ0) is 39.3. The van der Waals surface area contributed by atoms with Gasteiger partial charge in [-0.3, -0.25) is 9.55 Å². The van der Waals surface area contributed by atoms with Crippen molar-refractivity contribution in [2.45, 2.75) is 65.7 Å². The molecule has 5 heteroatoms. The van der Waals surface area contributed by atoms with Crippen molar-refractivity contribution in [2.75, 3.05) is 0 Å². The number of aromatic nitrogens is 3. The number of hydrogen-bond donors (Lipinski definition) is 1. The molecule has 2 aromatic heterocycles. The molecule has 0 radical (unpaired) electrons. The molecule has 8 aromatic rings. The van der Waals surface area contributed by atoms with Crippen LogP contribution >= 0.6 is 0 Å². The molecule has 0 bridgehead atoms. The summed E-state index contributed by atoms with van der Waals surface area (Å²) in [5.41, 5.74) is 13.0. The fraction of sp³-hybridized carbons (Fsp3) is 0.196. The molecule has 56 heavy (non-hydrogen) atoms. The van der Waals surface area contributed by atoms with Gasteiger partial charge < -0.3 is 5.11 Å². The minimum absolute atomic E-state index is 0.178. The predicted octanol–water partition coefficient (Wildman–Crippen LogP) is 14.0. The van der Waals surface area contributed by atoms with Gasteiger partial charge in [0.2, 0.25) is 0 Å². The smallest absolute Gasteiger partial charge is 0.190 e. The van der Waals surface area contributed by atoms with Crippen molar-refractivity contribution in [1.29, 1.82) is 0 Å². The lowest BCUT2D eigenvalue weighted by Gasteiger charge is -2.23. The molecule has 0 saturated carbocycles. The van der Waals surface area contributed by atoms with Crippen LogP contribution in [0, 0.1) is 6.57 Å². The maximum Gasteiger partial charge on any atom is 0.190 e. The Morgan fingerprint density at radius 2 is 1.36 bits per heavy atom. The van der Waals surface area contributed by atoms with Gasteiger partial charge in [-0.2, -0.15) is 0 Å². The van der Waals surface area contributed by atoms with Crippen LogP contribution in [0.2, 0.25) is 0 Å². The summed E-state index contributed by atoms with van der Waals surface area (Å²) in [6.07, 6.45) is 1.88. The van der Waals surface area contributed by atoms with Gasteiger partial charge in [-0.15, -0.1) is 0 Å². The number of fused-ring (bicyclic) bond motifs is 2. The van der Waals surface area contributed by atoms with Crippen LogP contribution < -0.4 is 0 Å². The highest BCUT2D eigenvalue weighted by atomic mass is 16.3. The zero-order valence-corrected chi connectivity index (χ0v) is 33.1. The Labute approximate surface area is 329 Å². The Morgan fingerprint density at radius 3 is 2.05 bits per heavy atom. The highest BCUT2D eigenvalue weighted by Gasteiger charge is 2.27. The topological polar surface area (TPSA) is 55.3 Å². The first-order chi connectivity index (χ1) is 26.9. The molecule has 0 atom stereocenters. The minimum atomic E-state index is -0.178. The van der Waals surface area contributed by atoms with Crippen LogP contribution in [-0.4, -0.2) is 19.6 Å². The van der Waals surface area contributed by atoms with E-state index in [9.17, 15) is 5.11 Å². The minimum Gasteiger partial charge on any atom is -0.507 e. The summed E-state index contributed by atoms with van der Waals surface area (Å²) in [7, 11) is 0. The van der Waals surface area contributed by atoms with E-state index < -0.39 is 0 Å². The number of para-hydroxylation sites is 1. The van der Waals surface area contributed by atoms with E-state index in [-0.39, 0.29) is 23.0 Å². The summed E-state index contributed by atoms with van der Waals surface area (Å²) < 4.78 is 2.21. The first-order valence-corrected chi connectivity index (χ1v) is 19.4. The number of aromatic hydroxyl groups is 1. The van der Waals surface area contributed by atoms with Crippen LogP contribution in [0.15, 0.2) is 134 Å². The molecule has 6 aromatic carbocycles. The van der Waals surface area contributed by atoms with Crippen LogP contribution in [0.3, 0.4) is 0 Å². The lowest BCUT2D eigenvalue weighted by Crippen LogP contribution is -2.11. The number of phenolic OH excluding ortho intramolecular Hbond substituents is 1. The lowest BCUT2D eigenvalue weighted by atomic mass is 9.83. The molecule has 0 unspecified atom stereocenters. The van der Waals surface area contributed by atoms with Gasteiger partial charge >= 0.3 is 0 Å². The number of rotatable bonds is 7. The second kappa shape index (κ2) is 14.3. The number of imidazole rings is 1. The van der Waals surface area contributed by atoms with E-state index in [1.807, 2.05) is 66.9 Å². The molecular formula is C51H46N4O. The Bertz CT molecular complexity index is 2790. The van der Waals surface area contributed by atoms with Crippen LogP contribution in [0.1, 0.15) is 77.0 Å². The van der Waals surface area contributed by atoms with Gasteiger partial charge in [0.15, 0.2) is 5.69 Å². The van der Waals surface area contributed by atoms with Gasteiger partial charge in [0.1, 0.15) is 11.6 Å². The molecular weight excluding hydrogens is 685 g/mol. The van der Waals surface area contributed by atoms with Gasteiger partial charge in [0.05, 0.1) is 34.6 Å². The van der Waals surface area contributed by atoms with Gasteiger partial charge in [0.25, 0.3) is 0 Å². The molecule has 0 spiro atoms. The van der Waals surface area contributed by atoms with Crippen molar-refractivity contribution in [3.05, 3.63) is 162 Å². The zero-order valence-electron chi connectivity index (χ0n) is 33.1. The molecule has 1 N–H and O–H groups in total. The molecule has 0 aliphatic heterocycles. The molecule has 0 aliphatic rings. The van der Waals surface area contributed by atoms with Crippen LogP contribution in [-0.2, 0) is 5.41 Å². The molecule has 0 fully saturated rings. The largest absolute Gasteiger partial charge is 0.507 e. The molecule has 276 valence electrons. The first-order valence-electron chi connectivity index (χ1n) is 19.4. The number of phenols is 1. The molecule has 8 rings (SSSR count). The van der Waals surface area contributed by atoms with Crippen LogP contribution in [0.25, 0.3) is 77.2 Å². The van der Waals surface area contributed by atoms with Gasteiger partial charge in [-0.05, 0) is 104 Å². The first kappa shape index (κ1) is 36.5. The summed E-state index contributed by atoms with van der Waals surface area (Å²) >= 11 is 0. The number of pyridine rings is 1. The Hall–Kier alpha value is -6.51. The lowest BCUT2D eigenvalue weighted by molar-refractivity contribution is 0.483. The highest BCUT2D eigenvalue weighted by molar-refractivity contribution is 6.01. The maximum absolute atomic E-state index is 12.0. The number of benzene rings is 6. The van der Waals surface area contributed by atoms with E-state index in [4.69, 9.17) is 16.5 Å². The molecule has 2 heterocycles. The molecule has 5 nitrogen and oxygen atoms in total. The van der Waals surface area contributed by atoms with E-state index in [1.54, 1.807) is 0 Å². The molecule has 0 amide bonds. The summed E-state index contributed by atoms with van der Waals surface area (Å²) in [5, 5.41) is 13.7. The monoisotopic (exact) mass is 730 g/mol. The van der Waals surface area contributed by atoms with Crippen LogP contribution in [0.5, 0.6) is 5.75 Å². The average Bonchev–Trinajstić information content (AvgIpc) is 3.59. The Kier molecular flexibility index (Phi) is 9.30. The summed E-state index contributed by atoms with van der Waals surface area (Å²) in [5.74, 6) is 1.22. The summed E-state index contributed by atoms with van der Waals surface area (Å²) in [6.45, 7) is 23.9. The van der Waals surface area contributed by atoms with Crippen LogP contribution in [0.4, 0.5) is 5.69 Å². The number of nitrogens with zero attached hydrogens (tertiary/aromatic N) is 4. The van der Waals surface area contributed by atoms with E-state index in [0.717, 1.165) is 66.6 Å². The summed E-state index contributed by atoms with van der Waals surface area (Å²) in [4.78, 5) is 14.4. The fourth-order valence-electron chi connectivity index (χ4n) is 7.82. The molecule has 0 aliphatic carbocycles. The van der Waals surface area contributed by atoms with Gasteiger partial charge in [-0.25, -0.2) is 9.83 Å². The van der Waals surface area contributed by atoms with Crippen molar-refractivity contribution in [3.8, 4) is 56.3 Å². The van der Waals surface area contributed by atoms with Crippen molar-refractivity contribution < 1.29 is 5.11 Å². The van der Waals surface area contributed by atoms with E-state index in [2.05, 4.69) is 125 Å². The second-order valence-electron chi connectivity index (χ2n) is 16.4. The maximum atomic E-state index is 12.0. The van der Waals surface area contributed by atoms with Crippen molar-refractivity contribution in [2.24, 2.45) is 0 Å². The van der Waals surface area contributed by atoms with Gasteiger partial charge in [-0.1, -0.05) is 133 Å². The average molecular weight is 731 g/mol. The Balaban J connectivity index is 1.47. The van der Waals surface area contributed by atoms with E-state index in [0.29, 0.717) is 17.1 Å². The van der Waals surface area contributed by atoms with Crippen molar-refractivity contribution >= 4 is 27.5 Å². The predicted molar refractivity (Wildman–Crippen MR) is 233 cm³/mol. The van der Waals surface area contributed by atoms with E-state index >= 15 is 0 Å². The fourth-order valence-corrected chi connectivity index (χ4v) is 7.82. The normalized spacial score (nSPS) is 11.9. The molecule has 0 saturated heterocycles. The second-order valence-corrected chi connectivity index (χ2v) is 16.4. The Morgan fingerprint density at radius 1 is 0.661 bits per heavy atom. The third-order valence-electron chi connectivity index (χ3n) is 10.9. The quantitative estimate of drug-likeness (QED) is 0.166. The third-order valence-corrected chi connectivity index (χ3v) is 10.9. The van der Waals surface area contributed by atoms with Crippen molar-refractivity contribution in [3.63, 3.8) is 0 Å².